The Bertz CT molecular complexity index is 902. The fraction of sp³-hybridized carbons (Fsp3) is 0. The first-order valence-electron chi connectivity index (χ1n) is 7.65. The first-order valence-corrected chi connectivity index (χ1v) is 7.65. The predicted molar refractivity (Wildman–Crippen MR) is 96.2 cm³/mol. The van der Waals surface area contributed by atoms with E-state index in [1.807, 2.05) is 78.9 Å². The molecule has 2 nitrogen and oxygen atoms in total. The standard InChI is InChI=1S/C22H15NO/c23-16-18-13-11-17(12-14-18)15-21(19-7-3-1-4-8-19)22(24)20-9-5-2-6-10-20/h1-15H/b21-15+. The van der Waals surface area contributed by atoms with E-state index in [0.29, 0.717) is 16.7 Å². The molecule has 3 aromatic carbocycles. The highest BCUT2D eigenvalue weighted by molar-refractivity contribution is 6.32. The summed E-state index contributed by atoms with van der Waals surface area (Å²) >= 11 is 0. The van der Waals surface area contributed by atoms with Crippen LogP contribution in [-0.2, 0) is 0 Å². The quantitative estimate of drug-likeness (QED) is 0.387. The van der Waals surface area contributed by atoms with Crippen molar-refractivity contribution in [2.24, 2.45) is 0 Å². The van der Waals surface area contributed by atoms with Crippen LogP contribution in [0.4, 0.5) is 0 Å². The lowest BCUT2D eigenvalue weighted by atomic mass is 9.94. The van der Waals surface area contributed by atoms with Gasteiger partial charge in [-0.3, -0.25) is 4.79 Å². The summed E-state index contributed by atoms with van der Waals surface area (Å²) in [6.07, 6.45) is 1.87. The van der Waals surface area contributed by atoms with E-state index in [9.17, 15) is 4.79 Å². The molecule has 3 aromatic rings. The molecule has 0 aromatic heterocycles. The highest BCUT2D eigenvalue weighted by atomic mass is 16.1. The number of Topliss-reactive ketones (excluding diaryl/α,β-unsaturated/α-hetero) is 1. The largest absolute Gasteiger partial charge is 0.289 e. The number of rotatable bonds is 4. The summed E-state index contributed by atoms with van der Waals surface area (Å²) in [5.74, 6) is -0.0221. The van der Waals surface area contributed by atoms with Crippen molar-refractivity contribution in [3.63, 3.8) is 0 Å². The van der Waals surface area contributed by atoms with Crippen molar-refractivity contribution in [3.05, 3.63) is 107 Å². The van der Waals surface area contributed by atoms with Crippen molar-refractivity contribution in [1.82, 2.24) is 0 Å². The zero-order valence-corrected chi connectivity index (χ0v) is 13.0. The van der Waals surface area contributed by atoms with Crippen LogP contribution in [0.1, 0.15) is 27.0 Å². The van der Waals surface area contributed by atoms with Gasteiger partial charge in [-0.2, -0.15) is 5.26 Å². The molecule has 0 saturated heterocycles. The highest BCUT2D eigenvalue weighted by Crippen LogP contribution is 2.23. The van der Waals surface area contributed by atoms with Gasteiger partial charge in [-0.05, 0) is 29.3 Å². The van der Waals surface area contributed by atoms with Crippen molar-refractivity contribution >= 4 is 17.4 Å². The van der Waals surface area contributed by atoms with E-state index >= 15 is 0 Å². The van der Waals surface area contributed by atoms with Crippen LogP contribution >= 0.6 is 0 Å². The lowest BCUT2D eigenvalue weighted by Crippen LogP contribution is -2.02. The molecule has 0 aliphatic heterocycles. The molecule has 0 saturated carbocycles. The summed E-state index contributed by atoms with van der Waals surface area (Å²) in [7, 11) is 0. The lowest BCUT2D eigenvalue weighted by Gasteiger charge is -2.08. The van der Waals surface area contributed by atoms with E-state index in [-0.39, 0.29) is 5.78 Å². The first kappa shape index (κ1) is 15.5. The molecule has 0 bridgehead atoms. The first-order chi connectivity index (χ1) is 11.8. The Morgan fingerprint density at radius 1 is 0.750 bits per heavy atom. The number of hydrogen-bond donors (Lipinski definition) is 0. The molecule has 0 aliphatic rings. The van der Waals surface area contributed by atoms with E-state index in [1.165, 1.54) is 0 Å². The maximum Gasteiger partial charge on any atom is 0.193 e. The Balaban J connectivity index is 2.07. The second kappa shape index (κ2) is 7.21. The van der Waals surface area contributed by atoms with Gasteiger partial charge in [0.2, 0.25) is 0 Å². The van der Waals surface area contributed by atoms with Gasteiger partial charge in [-0.25, -0.2) is 0 Å². The van der Waals surface area contributed by atoms with E-state index in [4.69, 9.17) is 5.26 Å². The number of hydrogen-bond acceptors (Lipinski definition) is 2. The van der Waals surface area contributed by atoms with Crippen LogP contribution in [0.25, 0.3) is 11.6 Å². The smallest absolute Gasteiger partial charge is 0.193 e. The SMILES string of the molecule is N#Cc1ccc(/C=C(/C(=O)c2ccccc2)c2ccccc2)cc1. The normalized spacial score (nSPS) is 10.9. The molecule has 0 aliphatic carbocycles. The minimum atomic E-state index is -0.0221. The minimum absolute atomic E-state index is 0.0221. The Hall–Kier alpha value is -3.44. The van der Waals surface area contributed by atoms with Gasteiger partial charge in [0, 0.05) is 11.1 Å². The molecular weight excluding hydrogens is 294 g/mol. The Kier molecular flexibility index (Phi) is 4.65. The molecule has 0 fully saturated rings. The van der Waals surface area contributed by atoms with Crippen LogP contribution in [0.5, 0.6) is 0 Å². The van der Waals surface area contributed by atoms with Crippen LogP contribution in [0.3, 0.4) is 0 Å². The molecule has 0 atom stereocenters. The van der Waals surface area contributed by atoms with Gasteiger partial charge < -0.3 is 0 Å². The summed E-state index contributed by atoms with van der Waals surface area (Å²) in [5, 5.41) is 8.91. The molecule has 0 radical (unpaired) electrons. The number of carbonyl (C=O) groups is 1. The van der Waals surface area contributed by atoms with E-state index in [1.54, 1.807) is 12.1 Å². The van der Waals surface area contributed by atoms with E-state index < -0.39 is 0 Å². The van der Waals surface area contributed by atoms with E-state index in [0.717, 1.165) is 11.1 Å². The summed E-state index contributed by atoms with van der Waals surface area (Å²) in [4.78, 5) is 13.0. The van der Waals surface area contributed by atoms with Crippen molar-refractivity contribution in [3.8, 4) is 6.07 Å². The Morgan fingerprint density at radius 3 is 1.83 bits per heavy atom. The van der Waals surface area contributed by atoms with Gasteiger partial charge in [0.15, 0.2) is 5.78 Å². The van der Waals surface area contributed by atoms with Crippen LogP contribution in [-0.4, -0.2) is 5.78 Å². The maximum atomic E-state index is 13.0. The highest BCUT2D eigenvalue weighted by Gasteiger charge is 2.14. The van der Waals surface area contributed by atoms with Gasteiger partial charge in [0.1, 0.15) is 0 Å². The van der Waals surface area contributed by atoms with Gasteiger partial charge >= 0.3 is 0 Å². The lowest BCUT2D eigenvalue weighted by molar-refractivity contribution is 0.105. The average Bonchev–Trinajstić information content (AvgIpc) is 2.67. The third-order valence-electron chi connectivity index (χ3n) is 3.72. The monoisotopic (exact) mass is 309 g/mol. The minimum Gasteiger partial charge on any atom is -0.289 e. The molecule has 0 heterocycles. The maximum absolute atomic E-state index is 13.0. The predicted octanol–water partition coefficient (Wildman–Crippen LogP) is 4.98. The second-order valence-corrected chi connectivity index (χ2v) is 5.35. The molecule has 24 heavy (non-hydrogen) atoms. The van der Waals surface area contributed by atoms with Crippen molar-refractivity contribution in [2.45, 2.75) is 0 Å². The number of benzene rings is 3. The number of allylic oxidation sites excluding steroid dienone is 1. The van der Waals surface area contributed by atoms with Gasteiger partial charge in [-0.1, -0.05) is 72.8 Å². The average molecular weight is 309 g/mol. The zero-order chi connectivity index (χ0) is 16.8. The molecule has 0 spiro atoms. The van der Waals surface area contributed by atoms with Crippen molar-refractivity contribution < 1.29 is 4.79 Å². The zero-order valence-electron chi connectivity index (χ0n) is 13.0. The third-order valence-corrected chi connectivity index (χ3v) is 3.72. The fourth-order valence-corrected chi connectivity index (χ4v) is 2.46. The van der Waals surface area contributed by atoms with Crippen LogP contribution < -0.4 is 0 Å². The number of nitrogens with zero attached hydrogens (tertiary/aromatic N) is 1. The van der Waals surface area contributed by atoms with Crippen LogP contribution in [0.2, 0.25) is 0 Å². The van der Waals surface area contributed by atoms with Crippen molar-refractivity contribution in [1.29, 1.82) is 5.26 Å². The fourth-order valence-electron chi connectivity index (χ4n) is 2.46. The van der Waals surface area contributed by atoms with Crippen molar-refractivity contribution in [2.75, 3.05) is 0 Å². The number of nitriles is 1. The molecule has 0 amide bonds. The number of ketones is 1. The summed E-state index contributed by atoms with van der Waals surface area (Å²) < 4.78 is 0. The van der Waals surface area contributed by atoms with Gasteiger partial charge in [0.25, 0.3) is 0 Å². The van der Waals surface area contributed by atoms with E-state index in [2.05, 4.69) is 6.07 Å². The molecule has 0 unspecified atom stereocenters. The molecule has 0 N–H and O–H groups in total. The topological polar surface area (TPSA) is 40.9 Å². The molecule has 114 valence electrons. The Labute approximate surface area is 141 Å². The molecule has 3 rings (SSSR count). The summed E-state index contributed by atoms with van der Waals surface area (Å²) in [6, 6.07) is 28.2. The third kappa shape index (κ3) is 3.48. The van der Waals surface area contributed by atoms with Crippen LogP contribution in [0.15, 0.2) is 84.9 Å². The van der Waals surface area contributed by atoms with Gasteiger partial charge in [-0.15, -0.1) is 0 Å². The summed E-state index contributed by atoms with van der Waals surface area (Å²) in [6.45, 7) is 0. The second-order valence-electron chi connectivity index (χ2n) is 5.35. The number of carbonyl (C=O) groups excluding carboxylic acids is 1. The van der Waals surface area contributed by atoms with Gasteiger partial charge in [0.05, 0.1) is 11.6 Å². The molecule has 2 heteroatoms. The summed E-state index contributed by atoms with van der Waals surface area (Å²) in [5.41, 5.74) is 3.64. The molecular formula is C22H15NO. The van der Waals surface area contributed by atoms with Crippen LogP contribution in [0, 0.1) is 11.3 Å². The Morgan fingerprint density at radius 2 is 1.29 bits per heavy atom.